The van der Waals surface area contributed by atoms with E-state index in [9.17, 15) is 4.79 Å². The maximum atomic E-state index is 12.1. The third-order valence-electron chi connectivity index (χ3n) is 3.93. The summed E-state index contributed by atoms with van der Waals surface area (Å²) in [6.07, 6.45) is 4.58. The molecule has 0 radical (unpaired) electrons. The van der Waals surface area contributed by atoms with Crippen molar-refractivity contribution in [3.05, 3.63) is 33.9 Å². The van der Waals surface area contributed by atoms with Gasteiger partial charge in [-0.25, -0.2) is 15.8 Å². The highest BCUT2D eigenvalue weighted by Gasteiger charge is 2.19. The van der Waals surface area contributed by atoms with Crippen LogP contribution in [0.15, 0.2) is 22.7 Å². The molecule has 0 atom stereocenters. The van der Waals surface area contributed by atoms with Crippen LogP contribution in [0.5, 0.6) is 5.75 Å². The maximum absolute atomic E-state index is 12.1. The van der Waals surface area contributed by atoms with Gasteiger partial charge in [0.25, 0.3) is 5.91 Å². The summed E-state index contributed by atoms with van der Waals surface area (Å²) in [4.78, 5) is 20.4. The Morgan fingerprint density at radius 3 is 2.69 bits per heavy atom. The van der Waals surface area contributed by atoms with Crippen LogP contribution in [-0.4, -0.2) is 22.5 Å². The first kappa shape index (κ1) is 20.1. The topological polar surface area (TPSA) is 116 Å². The third-order valence-corrected chi connectivity index (χ3v) is 4.55. The number of nitrogen functional groups attached to an aromatic ring is 2. The second kappa shape index (κ2) is 9.49. The van der Waals surface area contributed by atoms with E-state index in [1.54, 1.807) is 6.92 Å². The minimum absolute atomic E-state index is 0.0958. The summed E-state index contributed by atoms with van der Waals surface area (Å²) >= 11 is 3.52. The average molecular weight is 422 g/mol. The number of aromatic nitrogens is 2. The highest BCUT2D eigenvalue weighted by molar-refractivity contribution is 9.10. The Kier molecular flexibility index (Phi) is 7.35. The quantitative estimate of drug-likeness (QED) is 0.260. The number of amides is 1. The summed E-state index contributed by atoms with van der Waals surface area (Å²) in [6, 6.07) is 5.52. The zero-order valence-electron chi connectivity index (χ0n) is 15.0. The van der Waals surface area contributed by atoms with Gasteiger partial charge in [0.05, 0.1) is 28.0 Å². The normalized spacial score (nSPS) is 10.6. The minimum atomic E-state index is -0.468. The van der Waals surface area contributed by atoms with Gasteiger partial charge in [0.1, 0.15) is 5.75 Å². The van der Waals surface area contributed by atoms with Gasteiger partial charge >= 0.3 is 0 Å². The van der Waals surface area contributed by atoms with Crippen LogP contribution in [0.25, 0.3) is 11.3 Å². The fraction of sp³-hybridized carbons (Fsp3) is 0.389. The lowest BCUT2D eigenvalue weighted by Crippen LogP contribution is -2.31. The third kappa shape index (κ3) is 4.92. The molecular weight excluding hydrogens is 398 g/mol. The fourth-order valence-corrected chi connectivity index (χ4v) is 3.12. The van der Waals surface area contributed by atoms with E-state index in [0.29, 0.717) is 29.1 Å². The highest BCUT2D eigenvalue weighted by Crippen LogP contribution is 2.32. The van der Waals surface area contributed by atoms with Crippen molar-refractivity contribution in [2.24, 2.45) is 5.84 Å². The number of benzene rings is 1. The number of carbonyl (C=O) groups excluding carboxylic acids is 1. The molecule has 1 heterocycles. The lowest BCUT2D eigenvalue weighted by Gasteiger charge is -2.13. The van der Waals surface area contributed by atoms with Crippen LogP contribution in [0, 0.1) is 6.92 Å². The van der Waals surface area contributed by atoms with Gasteiger partial charge in [-0.2, -0.15) is 0 Å². The zero-order chi connectivity index (χ0) is 19.1. The lowest BCUT2D eigenvalue weighted by molar-refractivity contribution is 0.0953. The number of hydrogen-bond donors (Lipinski definition) is 3. The number of aryl methyl sites for hydroxylation is 1. The van der Waals surface area contributed by atoms with E-state index in [1.807, 2.05) is 18.2 Å². The molecule has 2 rings (SSSR count). The molecule has 0 bridgehead atoms. The standard InChI is InChI=1S/C18H24BrN5O2/c1-3-4-5-6-9-26-14-8-7-12(10-13(14)19)16-15(17(25)24-21)11(2)22-18(20)23-16/h7-8,10H,3-6,9,21H2,1-2H3,(H,24,25)(H2,20,22,23). The highest BCUT2D eigenvalue weighted by atomic mass is 79.9. The Bertz CT molecular complexity index is 782. The van der Waals surface area contributed by atoms with E-state index < -0.39 is 5.91 Å². The van der Waals surface area contributed by atoms with Gasteiger partial charge in [0.2, 0.25) is 5.95 Å². The van der Waals surface area contributed by atoms with Gasteiger partial charge in [0.15, 0.2) is 0 Å². The average Bonchev–Trinajstić information content (AvgIpc) is 2.61. The number of unbranched alkanes of at least 4 members (excludes halogenated alkanes) is 3. The number of hydrogen-bond acceptors (Lipinski definition) is 6. The molecule has 2 aromatic rings. The Morgan fingerprint density at radius 1 is 1.27 bits per heavy atom. The number of halogens is 1. The molecule has 0 fully saturated rings. The van der Waals surface area contributed by atoms with Gasteiger partial charge in [-0.1, -0.05) is 26.2 Å². The monoisotopic (exact) mass is 421 g/mol. The van der Waals surface area contributed by atoms with Crippen LogP contribution in [0.1, 0.15) is 48.7 Å². The van der Waals surface area contributed by atoms with Gasteiger partial charge in [-0.3, -0.25) is 10.2 Å². The molecule has 0 saturated carbocycles. The van der Waals surface area contributed by atoms with Crippen molar-refractivity contribution >= 4 is 27.8 Å². The van der Waals surface area contributed by atoms with E-state index in [-0.39, 0.29) is 5.95 Å². The van der Waals surface area contributed by atoms with Gasteiger partial charge in [0, 0.05) is 5.56 Å². The Balaban J connectivity index is 2.27. The SMILES string of the molecule is CCCCCCOc1ccc(-c2nc(N)nc(C)c2C(=O)NN)cc1Br. The number of anilines is 1. The minimum Gasteiger partial charge on any atom is -0.492 e. The lowest BCUT2D eigenvalue weighted by atomic mass is 10.0. The van der Waals surface area contributed by atoms with Crippen LogP contribution in [0.4, 0.5) is 5.95 Å². The molecular formula is C18H24BrN5O2. The Labute approximate surface area is 161 Å². The van der Waals surface area contributed by atoms with Crippen molar-refractivity contribution in [3.63, 3.8) is 0 Å². The van der Waals surface area contributed by atoms with Crippen LogP contribution in [0.3, 0.4) is 0 Å². The molecule has 26 heavy (non-hydrogen) atoms. The summed E-state index contributed by atoms with van der Waals surface area (Å²) in [5, 5.41) is 0. The number of nitrogens with zero attached hydrogens (tertiary/aromatic N) is 2. The number of carbonyl (C=O) groups is 1. The van der Waals surface area contributed by atoms with Crippen molar-refractivity contribution in [2.45, 2.75) is 39.5 Å². The predicted molar refractivity (Wildman–Crippen MR) is 106 cm³/mol. The largest absolute Gasteiger partial charge is 0.492 e. The molecule has 0 saturated heterocycles. The smallest absolute Gasteiger partial charge is 0.269 e. The van der Waals surface area contributed by atoms with Crippen LogP contribution in [0.2, 0.25) is 0 Å². The first-order valence-corrected chi connectivity index (χ1v) is 9.35. The number of nitrogens with two attached hydrogens (primary N) is 2. The molecule has 0 aliphatic rings. The summed E-state index contributed by atoms with van der Waals surface area (Å²) in [7, 11) is 0. The van der Waals surface area contributed by atoms with Crippen LogP contribution >= 0.6 is 15.9 Å². The van der Waals surface area contributed by atoms with E-state index >= 15 is 0 Å². The van der Waals surface area contributed by atoms with Gasteiger partial charge in [-0.05, 0) is 47.5 Å². The molecule has 140 valence electrons. The number of ether oxygens (including phenoxy) is 1. The molecule has 1 aromatic heterocycles. The molecule has 5 N–H and O–H groups in total. The Morgan fingerprint density at radius 2 is 2.04 bits per heavy atom. The van der Waals surface area contributed by atoms with E-state index in [1.165, 1.54) is 12.8 Å². The number of rotatable bonds is 8. The summed E-state index contributed by atoms with van der Waals surface area (Å²) < 4.78 is 6.59. The van der Waals surface area contributed by atoms with E-state index in [4.69, 9.17) is 16.3 Å². The molecule has 0 aliphatic carbocycles. The van der Waals surface area contributed by atoms with Crippen molar-refractivity contribution < 1.29 is 9.53 Å². The van der Waals surface area contributed by atoms with E-state index in [0.717, 1.165) is 23.1 Å². The predicted octanol–water partition coefficient (Wildman–Crippen LogP) is 3.36. The van der Waals surface area contributed by atoms with Gasteiger partial charge in [-0.15, -0.1) is 0 Å². The van der Waals surface area contributed by atoms with Crippen molar-refractivity contribution in [1.29, 1.82) is 0 Å². The van der Waals surface area contributed by atoms with E-state index in [2.05, 4.69) is 38.2 Å². The first-order valence-electron chi connectivity index (χ1n) is 8.55. The fourth-order valence-electron chi connectivity index (χ4n) is 2.62. The molecule has 8 heteroatoms. The van der Waals surface area contributed by atoms with Crippen molar-refractivity contribution in [3.8, 4) is 17.0 Å². The number of nitrogens with one attached hydrogen (secondary N) is 1. The molecule has 0 spiro atoms. The molecule has 7 nitrogen and oxygen atoms in total. The second-order valence-corrected chi connectivity index (χ2v) is 6.77. The second-order valence-electron chi connectivity index (χ2n) is 5.92. The Hall–Kier alpha value is -2.19. The molecule has 0 unspecified atom stereocenters. The zero-order valence-corrected chi connectivity index (χ0v) is 16.6. The maximum Gasteiger partial charge on any atom is 0.269 e. The summed E-state index contributed by atoms with van der Waals surface area (Å²) in [5.41, 5.74) is 9.78. The summed E-state index contributed by atoms with van der Waals surface area (Å²) in [6.45, 7) is 4.53. The summed E-state index contributed by atoms with van der Waals surface area (Å²) in [5.74, 6) is 5.66. The molecule has 1 aromatic carbocycles. The first-order chi connectivity index (χ1) is 12.5. The van der Waals surface area contributed by atoms with Gasteiger partial charge < -0.3 is 10.5 Å². The van der Waals surface area contributed by atoms with Crippen LogP contribution in [-0.2, 0) is 0 Å². The van der Waals surface area contributed by atoms with Crippen molar-refractivity contribution in [2.75, 3.05) is 12.3 Å². The molecule has 1 amide bonds. The molecule has 0 aliphatic heterocycles. The van der Waals surface area contributed by atoms with Crippen molar-refractivity contribution in [1.82, 2.24) is 15.4 Å². The van der Waals surface area contributed by atoms with Crippen LogP contribution < -0.4 is 21.7 Å². The number of hydrazine groups is 1.